The van der Waals surface area contributed by atoms with Gasteiger partial charge in [-0.05, 0) is 40.7 Å². The molecule has 0 radical (unpaired) electrons. The van der Waals surface area contributed by atoms with Crippen molar-refractivity contribution in [1.29, 1.82) is 0 Å². The molecule has 0 amide bonds. The summed E-state index contributed by atoms with van der Waals surface area (Å²) in [6.07, 6.45) is 1.07. The molecule has 80 valence electrons. The summed E-state index contributed by atoms with van der Waals surface area (Å²) in [5.74, 6) is 0. The molecule has 14 heavy (non-hydrogen) atoms. The lowest BCUT2D eigenvalue weighted by Gasteiger charge is -2.20. The molecule has 0 bridgehead atoms. The van der Waals surface area contributed by atoms with E-state index in [9.17, 15) is 5.11 Å². The van der Waals surface area contributed by atoms with Gasteiger partial charge in [0.1, 0.15) is 0 Å². The van der Waals surface area contributed by atoms with Gasteiger partial charge in [0.05, 0.1) is 12.6 Å². The lowest BCUT2D eigenvalue weighted by atomic mass is 10.2. The molecule has 1 aromatic rings. The highest BCUT2D eigenvalue weighted by molar-refractivity contribution is 9.10. The average Bonchev–Trinajstić information content (AvgIpc) is 2.60. The lowest BCUT2D eigenvalue weighted by molar-refractivity contribution is 0.235. The van der Waals surface area contributed by atoms with E-state index in [1.807, 2.05) is 11.4 Å². The van der Waals surface area contributed by atoms with E-state index in [2.05, 4.69) is 35.1 Å². The smallest absolute Gasteiger partial charge is 0.0663 e. The van der Waals surface area contributed by atoms with Gasteiger partial charge in [-0.15, -0.1) is 11.3 Å². The molecule has 0 spiro atoms. The van der Waals surface area contributed by atoms with Crippen LogP contribution in [0.25, 0.3) is 0 Å². The summed E-state index contributed by atoms with van der Waals surface area (Å²) in [4.78, 5) is 1.17. The number of hydrogen-bond acceptors (Lipinski definition) is 3. The first-order chi connectivity index (χ1) is 6.69. The molecule has 1 rings (SSSR count). The minimum atomic E-state index is 0.0549. The van der Waals surface area contributed by atoms with Crippen LogP contribution in [0.5, 0.6) is 0 Å². The summed E-state index contributed by atoms with van der Waals surface area (Å²) in [5, 5.41) is 14.7. The second-order valence-electron chi connectivity index (χ2n) is 3.34. The molecule has 4 heteroatoms. The molecule has 1 aromatic heterocycles. The van der Waals surface area contributed by atoms with E-state index in [-0.39, 0.29) is 12.6 Å². The molecule has 0 aliphatic rings. The summed E-state index contributed by atoms with van der Waals surface area (Å²) in [6.45, 7) is 4.41. The maximum absolute atomic E-state index is 9.29. The number of hydrogen-bond donors (Lipinski definition) is 2. The summed E-state index contributed by atoms with van der Waals surface area (Å²) in [6, 6.07) is 2.50. The Morgan fingerprint density at radius 3 is 2.79 bits per heavy atom. The molecule has 2 N–H and O–H groups in total. The Morgan fingerprint density at radius 2 is 2.36 bits per heavy atom. The van der Waals surface area contributed by atoms with Crippen LogP contribution in [0, 0.1) is 0 Å². The highest BCUT2D eigenvalue weighted by atomic mass is 79.9. The Labute approximate surface area is 97.5 Å². The molecular formula is C10H16BrNOS. The lowest BCUT2D eigenvalue weighted by Crippen LogP contribution is -2.31. The van der Waals surface area contributed by atoms with Crippen molar-refractivity contribution < 1.29 is 5.11 Å². The summed E-state index contributed by atoms with van der Waals surface area (Å²) in [5.41, 5.74) is 0. The predicted molar refractivity (Wildman–Crippen MR) is 64.7 cm³/mol. The van der Waals surface area contributed by atoms with Crippen LogP contribution in [-0.2, 0) is 0 Å². The van der Waals surface area contributed by atoms with Crippen molar-refractivity contribution in [3.8, 4) is 0 Å². The number of rotatable bonds is 5. The molecule has 1 heterocycles. The van der Waals surface area contributed by atoms with Gasteiger partial charge in [-0.2, -0.15) is 0 Å². The van der Waals surface area contributed by atoms with E-state index in [0.29, 0.717) is 6.04 Å². The van der Waals surface area contributed by atoms with Crippen molar-refractivity contribution in [1.82, 2.24) is 5.32 Å². The summed E-state index contributed by atoms with van der Waals surface area (Å²) >= 11 is 5.14. The number of aliphatic hydroxyl groups is 1. The first kappa shape index (κ1) is 12.2. The van der Waals surface area contributed by atoms with Crippen molar-refractivity contribution in [3.63, 3.8) is 0 Å². The van der Waals surface area contributed by atoms with Crippen molar-refractivity contribution in [2.75, 3.05) is 6.61 Å². The van der Waals surface area contributed by atoms with Crippen LogP contribution in [0.15, 0.2) is 15.9 Å². The van der Waals surface area contributed by atoms with Crippen LogP contribution in [-0.4, -0.2) is 17.8 Å². The molecule has 0 aliphatic carbocycles. The second kappa shape index (κ2) is 5.85. The van der Waals surface area contributed by atoms with E-state index in [1.165, 1.54) is 4.88 Å². The van der Waals surface area contributed by atoms with Gasteiger partial charge >= 0.3 is 0 Å². The minimum absolute atomic E-state index is 0.0549. The number of aliphatic hydroxyl groups excluding tert-OH is 1. The molecule has 0 aromatic carbocycles. The average molecular weight is 278 g/mol. The van der Waals surface area contributed by atoms with Gasteiger partial charge < -0.3 is 10.4 Å². The van der Waals surface area contributed by atoms with Gasteiger partial charge in [0, 0.05) is 15.4 Å². The minimum Gasteiger partial charge on any atom is -0.394 e. The Bertz CT molecular complexity index is 277. The summed E-state index contributed by atoms with van der Waals surface area (Å²) in [7, 11) is 0. The molecule has 2 unspecified atom stereocenters. The Morgan fingerprint density at radius 1 is 1.64 bits per heavy atom. The standard InChI is InChI=1S/C10H16BrNOS/c1-3-7(2)12-9(6-13)10-8(11)4-5-14-10/h4-5,7,9,12-13H,3,6H2,1-2H3. The molecule has 2 nitrogen and oxygen atoms in total. The van der Waals surface area contributed by atoms with Crippen LogP contribution >= 0.6 is 27.3 Å². The van der Waals surface area contributed by atoms with Gasteiger partial charge in [-0.1, -0.05) is 6.92 Å². The maximum atomic E-state index is 9.29. The summed E-state index contributed by atoms with van der Waals surface area (Å²) < 4.78 is 1.08. The van der Waals surface area contributed by atoms with E-state index < -0.39 is 0 Å². The fourth-order valence-electron chi connectivity index (χ4n) is 1.23. The molecule has 0 saturated carbocycles. The zero-order valence-corrected chi connectivity index (χ0v) is 10.9. The normalized spacial score (nSPS) is 15.4. The van der Waals surface area contributed by atoms with Crippen molar-refractivity contribution in [2.45, 2.75) is 32.4 Å². The maximum Gasteiger partial charge on any atom is 0.0663 e. The van der Waals surface area contributed by atoms with E-state index in [0.717, 1.165) is 10.9 Å². The Kier molecular flexibility index (Phi) is 5.09. The molecule has 0 fully saturated rings. The second-order valence-corrected chi connectivity index (χ2v) is 5.15. The monoisotopic (exact) mass is 277 g/mol. The van der Waals surface area contributed by atoms with Gasteiger partial charge in [0.25, 0.3) is 0 Å². The Hall–Kier alpha value is 0.100. The molecule has 2 atom stereocenters. The first-order valence-corrected chi connectivity index (χ1v) is 6.46. The van der Waals surface area contributed by atoms with Crippen molar-refractivity contribution >= 4 is 27.3 Å². The van der Waals surface area contributed by atoms with Crippen LogP contribution in [0.2, 0.25) is 0 Å². The van der Waals surface area contributed by atoms with Crippen molar-refractivity contribution in [2.24, 2.45) is 0 Å². The van der Waals surface area contributed by atoms with E-state index >= 15 is 0 Å². The van der Waals surface area contributed by atoms with E-state index in [1.54, 1.807) is 11.3 Å². The molecular weight excluding hydrogens is 262 g/mol. The quantitative estimate of drug-likeness (QED) is 0.868. The van der Waals surface area contributed by atoms with Crippen LogP contribution in [0.3, 0.4) is 0 Å². The highest BCUT2D eigenvalue weighted by Gasteiger charge is 2.16. The van der Waals surface area contributed by atoms with Crippen LogP contribution in [0.1, 0.15) is 31.2 Å². The van der Waals surface area contributed by atoms with Gasteiger partial charge in [-0.3, -0.25) is 0 Å². The third-order valence-corrected chi connectivity index (χ3v) is 4.23. The van der Waals surface area contributed by atoms with Crippen LogP contribution < -0.4 is 5.32 Å². The Balaban J connectivity index is 2.67. The van der Waals surface area contributed by atoms with Crippen molar-refractivity contribution in [3.05, 3.63) is 20.8 Å². The highest BCUT2D eigenvalue weighted by Crippen LogP contribution is 2.29. The third kappa shape index (κ3) is 3.05. The fraction of sp³-hybridized carbons (Fsp3) is 0.600. The predicted octanol–water partition coefficient (Wildman–Crippen LogP) is 2.93. The topological polar surface area (TPSA) is 32.3 Å². The SMILES string of the molecule is CCC(C)NC(CO)c1sccc1Br. The zero-order valence-electron chi connectivity index (χ0n) is 8.46. The van der Waals surface area contributed by atoms with Gasteiger partial charge in [0.2, 0.25) is 0 Å². The van der Waals surface area contributed by atoms with E-state index in [4.69, 9.17) is 0 Å². The molecule has 0 saturated heterocycles. The zero-order chi connectivity index (χ0) is 10.6. The van der Waals surface area contributed by atoms with Gasteiger partial charge in [-0.25, -0.2) is 0 Å². The van der Waals surface area contributed by atoms with Crippen LogP contribution in [0.4, 0.5) is 0 Å². The number of nitrogens with one attached hydrogen (secondary N) is 1. The molecule has 0 aliphatic heterocycles. The number of halogens is 1. The fourth-order valence-corrected chi connectivity index (χ4v) is 2.93. The third-order valence-electron chi connectivity index (χ3n) is 2.24. The largest absolute Gasteiger partial charge is 0.394 e. The first-order valence-electron chi connectivity index (χ1n) is 4.78. The van der Waals surface area contributed by atoms with Gasteiger partial charge in [0.15, 0.2) is 0 Å². The number of thiophene rings is 1.